The quantitative estimate of drug-likeness (QED) is 0.796. The Morgan fingerprint density at radius 1 is 0.941 bits per heavy atom. The fourth-order valence-electron chi connectivity index (χ4n) is 1.72. The van der Waals surface area contributed by atoms with Gasteiger partial charge >= 0.3 is 0 Å². The second-order valence-corrected chi connectivity index (χ2v) is 3.85. The monoisotopic (exact) mass is 228 g/mol. The number of hydrogen-bond donors (Lipinski definition) is 0. The lowest BCUT2D eigenvalue weighted by Gasteiger charge is -2.11. The Morgan fingerprint density at radius 3 is 2.41 bits per heavy atom. The maximum atomic E-state index is 5.72. The van der Waals surface area contributed by atoms with Crippen LogP contribution in [0.25, 0.3) is 0 Å². The zero-order valence-corrected chi connectivity index (χ0v) is 10.1. The molecule has 2 aromatic rings. The van der Waals surface area contributed by atoms with Crippen LogP contribution in [0, 0.1) is 6.92 Å². The molecule has 0 saturated carbocycles. The van der Waals surface area contributed by atoms with E-state index in [-0.39, 0.29) is 0 Å². The Balaban J connectivity index is 2.09. The smallest absolute Gasteiger partial charge is 0.122 e. The summed E-state index contributed by atoms with van der Waals surface area (Å²) < 4.78 is 11.0. The van der Waals surface area contributed by atoms with Crippen LogP contribution in [-0.4, -0.2) is 7.11 Å². The summed E-state index contributed by atoms with van der Waals surface area (Å²) in [5, 5.41) is 0. The molecule has 0 fully saturated rings. The van der Waals surface area contributed by atoms with Crippen molar-refractivity contribution in [2.24, 2.45) is 0 Å². The lowest BCUT2D eigenvalue weighted by molar-refractivity contribution is 0.304. The van der Waals surface area contributed by atoms with E-state index in [1.54, 1.807) is 7.11 Å². The zero-order valence-electron chi connectivity index (χ0n) is 10.1. The van der Waals surface area contributed by atoms with Crippen LogP contribution in [0.1, 0.15) is 11.1 Å². The molecular formula is C15H16O2. The van der Waals surface area contributed by atoms with E-state index in [0.29, 0.717) is 6.61 Å². The summed E-state index contributed by atoms with van der Waals surface area (Å²) in [5.74, 6) is 1.79. The Kier molecular flexibility index (Phi) is 3.66. The van der Waals surface area contributed by atoms with Crippen LogP contribution >= 0.6 is 0 Å². The van der Waals surface area contributed by atoms with Crippen molar-refractivity contribution in [1.82, 2.24) is 0 Å². The minimum atomic E-state index is 0.563. The Hall–Kier alpha value is -1.96. The van der Waals surface area contributed by atoms with Gasteiger partial charge in [0.05, 0.1) is 7.11 Å². The second kappa shape index (κ2) is 5.39. The van der Waals surface area contributed by atoms with E-state index >= 15 is 0 Å². The van der Waals surface area contributed by atoms with Gasteiger partial charge in [-0.05, 0) is 36.2 Å². The van der Waals surface area contributed by atoms with Crippen molar-refractivity contribution in [2.75, 3.05) is 7.11 Å². The topological polar surface area (TPSA) is 18.5 Å². The molecule has 17 heavy (non-hydrogen) atoms. The highest BCUT2D eigenvalue weighted by molar-refractivity contribution is 5.39. The van der Waals surface area contributed by atoms with E-state index in [9.17, 15) is 0 Å². The molecule has 2 aromatic carbocycles. The number of benzene rings is 2. The molecule has 0 radical (unpaired) electrons. The molecule has 0 saturated heterocycles. The Labute approximate surface area is 102 Å². The molecule has 2 heteroatoms. The van der Waals surface area contributed by atoms with Crippen molar-refractivity contribution in [3.05, 3.63) is 59.7 Å². The van der Waals surface area contributed by atoms with E-state index in [4.69, 9.17) is 9.47 Å². The van der Waals surface area contributed by atoms with E-state index in [1.807, 2.05) is 49.4 Å². The van der Waals surface area contributed by atoms with Gasteiger partial charge in [0.2, 0.25) is 0 Å². The normalized spacial score (nSPS) is 10.0. The fourth-order valence-corrected chi connectivity index (χ4v) is 1.72. The Bertz CT molecular complexity index is 478. The number of hydrogen-bond acceptors (Lipinski definition) is 2. The lowest BCUT2D eigenvalue weighted by atomic mass is 10.1. The first-order valence-corrected chi connectivity index (χ1v) is 5.61. The predicted molar refractivity (Wildman–Crippen MR) is 68.5 cm³/mol. The number of para-hydroxylation sites is 1. The molecule has 0 aromatic heterocycles. The van der Waals surface area contributed by atoms with Gasteiger partial charge in [0, 0.05) is 0 Å². The van der Waals surface area contributed by atoms with Gasteiger partial charge in [0.1, 0.15) is 18.1 Å². The summed E-state index contributed by atoms with van der Waals surface area (Å²) in [4.78, 5) is 0. The molecule has 0 amide bonds. The van der Waals surface area contributed by atoms with Gasteiger partial charge in [-0.25, -0.2) is 0 Å². The fraction of sp³-hybridized carbons (Fsp3) is 0.200. The van der Waals surface area contributed by atoms with Crippen molar-refractivity contribution < 1.29 is 9.47 Å². The SMILES string of the molecule is COc1cccc(COc2ccccc2)c1C. The summed E-state index contributed by atoms with van der Waals surface area (Å²) in [7, 11) is 1.68. The molecule has 0 N–H and O–H groups in total. The highest BCUT2D eigenvalue weighted by Gasteiger charge is 2.04. The number of methoxy groups -OCH3 is 1. The summed E-state index contributed by atoms with van der Waals surface area (Å²) in [6.45, 7) is 2.61. The van der Waals surface area contributed by atoms with Crippen molar-refractivity contribution in [3.63, 3.8) is 0 Å². The number of rotatable bonds is 4. The van der Waals surface area contributed by atoms with Crippen LogP contribution in [0.15, 0.2) is 48.5 Å². The van der Waals surface area contributed by atoms with E-state index in [0.717, 1.165) is 22.6 Å². The highest BCUT2D eigenvalue weighted by atomic mass is 16.5. The van der Waals surface area contributed by atoms with Crippen LogP contribution in [0.4, 0.5) is 0 Å². The molecule has 0 heterocycles. The second-order valence-electron chi connectivity index (χ2n) is 3.85. The van der Waals surface area contributed by atoms with Crippen molar-refractivity contribution in [1.29, 1.82) is 0 Å². The van der Waals surface area contributed by atoms with Gasteiger partial charge in [-0.15, -0.1) is 0 Å². The largest absolute Gasteiger partial charge is 0.496 e. The first-order valence-electron chi connectivity index (χ1n) is 5.61. The molecule has 0 aliphatic carbocycles. The van der Waals surface area contributed by atoms with Crippen LogP contribution in [0.2, 0.25) is 0 Å². The molecule has 0 aliphatic heterocycles. The maximum Gasteiger partial charge on any atom is 0.122 e. The average molecular weight is 228 g/mol. The molecule has 88 valence electrons. The molecule has 0 atom stereocenters. The third kappa shape index (κ3) is 2.78. The summed E-state index contributed by atoms with van der Waals surface area (Å²) in [5.41, 5.74) is 2.28. The number of ether oxygens (including phenoxy) is 2. The standard InChI is InChI=1S/C15H16O2/c1-12-13(7-6-10-15(12)16-2)11-17-14-8-4-3-5-9-14/h3-10H,11H2,1-2H3. The summed E-state index contributed by atoms with van der Waals surface area (Å²) in [6, 6.07) is 15.8. The molecule has 0 bridgehead atoms. The molecule has 2 nitrogen and oxygen atoms in total. The lowest BCUT2D eigenvalue weighted by Crippen LogP contribution is -1.99. The van der Waals surface area contributed by atoms with Gasteiger partial charge in [0.25, 0.3) is 0 Å². The molecular weight excluding hydrogens is 212 g/mol. The zero-order chi connectivity index (χ0) is 12.1. The van der Waals surface area contributed by atoms with Gasteiger partial charge in [-0.2, -0.15) is 0 Å². The van der Waals surface area contributed by atoms with Gasteiger partial charge in [0.15, 0.2) is 0 Å². The van der Waals surface area contributed by atoms with Gasteiger partial charge in [-0.1, -0.05) is 30.3 Å². The first kappa shape index (κ1) is 11.5. The van der Waals surface area contributed by atoms with Crippen molar-refractivity contribution >= 4 is 0 Å². The van der Waals surface area contributed by atoms with E-state index in [2.05, 4.69) is 6.07 Å². The first-order chi connectivity index (χ1) is 8.31. The van der Waals surface area contributed by atoms with E-state index < -0.39 is 0 Å². The van der Waals surface area contributed by atoms with Crippen LogP contribution < -0.4 is 9.47 Å². The minimum Gasteiger partial charge on any atom is -0.496 e. The Morgan fingerprint density at radius 2 is 1.71 bits per heavy atom. The summed E-state index contributed by atoms with van der Waals surface area (Å²) in [6.07, 6.45) is 0. The average Bonchev–Trinajstić information content (AvgIpc) is 2.39. The van der Waals surface area contributed by atoms with Crippen LogP contribution in [0.3, 0.4) is 0 Å². The van der Waals surface area contributed by atoms with Crippen LogP contribution in [-0.2, 0) is 6.61 Å². The predicted octanol–water partition coefficient (Wildman–Crippen LogP) is 3.58. The van der Waals surface area contributed by atoms with Crippen molar-refractivity contribution in [2.45, 2.75) is 13.5 Å². The maximum absolute atomic E-state index is 5.72. The van der Waals surface area contributed by atoms with Crippen LogP contribution in [0.5, 0.6) is 11.5 Å². The molecule has 2 rings (SSSR count). The minimum absolute atomic E-state index is 0.563. The van der Waals surface area contributed by atoms with Gasteiger partial charge < -0.3 is 9.47 Å². The van der Waals surface area contributed by atoms with Crippen molar-refractivity contribution in [3.8, 4) is 11.5 Å². The molecule has 0 unspecified atom stereocenters. The molecule has 0 aliphatic rings. The molecule has 0 spiro atoms. The summed E-state index contributed by atoms with van der Waals surface area (Å²) >= 11 is 0. The highest BCUT2D eigenvalue weighted by Crippen LogP contribution is 2.22. The third-order valence-corrected chi connectivity index (χ3v) is 2.75. The van der Waals surface area contributed by atoms with E-state index in [1.165, 1.54) is 0 Å². The van der Waals surface area contributed by atoms with Gasteiger partial charge in [-0.3, -0.25) is 0 Å². The third-order valence-electron chi connectivity index (χ3n) is 2.75.